The second-order valence-corrected chi connectivity index (χ2v) is 6.60. The van der Waals surface area contributed by atoms with Gasteiger partial charge in [-0.3, -0.25) is 4.79 Å². The predicted molar refractivity (Wildman–Crippen MR) is 87.3 cm³/mol. The van der Waals surface area contributed by atoms with Gasteiger partial charge in [-0.05, 0) is 38.7 Å². The molecule has 0 unspecified atom stereocenters. The van der Waals surface area contributed by atoms with Gasteiger partial charge in [-0.25, -0.2) is 9.50 Å². The Labute approximate surface area is 140 Å². The molecule has 0 saturated heterocycles. The number of fused-ring (bicyclic) bond motifs is 1. The maximum absolute atomic E-state index is 12.1. The number of carbonyl (C=O) groups is 1. The van der Waals surface area contributed by atoms with E-state index in [1.807, 2.05) is 13.8 Å². The van der Waals surface area contributed by atoms with Gasteiger partial charge in [0.25, 0.3) is 0 Å². The molecule has 2 aromatic rings. The molecule has 7 nitrogen and oxygen atoms in total. The number of hydrogen-bond acceptors (Lipinski definition) is 5. The molecule has 0 spiro atoms. The summed E-state index contributed by atoms with van der Waals surface area (Å²) in [6, 6.07) is 2.09. The van der Waals surface area contributed by atoms with Crippen molar-refractivity contribution in [2.24, 2.45) is 5.41 Å². The van der Waals surface area contributed by atoms with Crippen molar-refractivity contribution in [3.05, 3.63) is 28.7 Å². The van der Waals surface area contributed by atoms with E-state index in [-0.39, 0.29) is 17.9 Å². The van der Waals surface area contributed by atoms with Gasteiger partial charge >= 0.3 is 0 Å². The van der Waals surface area contributed by atoms with E-state index in [0.29, 0.717) is 30.6 Å². The fourth-order valence-corrected chi connectivity index (χ4v) is 2.93. The van der Waals surface area contributed by atoms with Crippen LogP contribution >= 0.6 is 0 Å². The van der Waals surface area contributed by atoms with Gasteiger partial charge in [-0.15, -0.1) is 0 Å². The third-order valence-corrected chi connectivity index (χ3v) is 4.88. The lowest BCUT2D eigenvalue weighted by molar-refractivity contribution is -0.121. The van der Waals surface area contributed by atoms with Crippen molar-refractivity contribution in [2.45, 2.75) is 39.5 Å². The number of nitriles is 1. The van der Waals surface area contributed by atoms with E-state index in [0.717, 1.165) is 29.8 Å². The number of aromatic nitrogens is 3. The van der Waals surface area contributed by atoms with Crippen LogP contribution in [0.1, 0.15) is 41.8 Å². The highest BCUT2D eigenvalue weighted by Crippen LogP contribution is 2.44. The standard InChI is InChI=1S/C17H21N5O2/c1-11-14(3-4-15(24)19-9-17(10-23)5-6-17)12(2)22-16(21-11)13(7-18)8-20-22/h8,23H,3-6,9-10H2,1-2H3,(H,19,24). The zero-order valence-electron chi connectivity index (χ0n) is 14.0. The van der Waals surface area contributed by atoms with E-state index in [9.17, 15) is 9.90 Å². The molecule has 1 amide bonds. The summed E-state index contributed by atoms with van der Waals surface area (Å²) < 4.78 is 1.66. The summed E-state index contributed by atoms with van der Waals surface area (Å²) in [4.78, 5) is 16.5. The molecular weight excluding hydrogens is 306 g/mol. The number of nitrogens with zero attached hydrogens (tertiary/aromatic N) is 4. The summed E-state index contributed by atoms with van der Waals surface area (Å²) in [5, 5.41) is 25.5. The molecule has 0 bridgehead atoms. The molecule has 0 aromatic carbocycles. The number of hydrogen-bond donors (Lipinski definition) is 2. The lowest BCUT2D eigenvalue weighted by Crippen LogP contribution is -2.32. The zero-order chi connectivity index (χ0) is 17.3. The van der Waals surface area contributed by atoms with Crippen molar-refractivity contribution in [1.29, 1.82) is 5.26 Å². The smallest absolute Gasteiger partial charge is 0.220 e. The van der Waals surface area contributed by atoms with Crippen LogP contribution in [0.3, 0.4) is 0 Å². The van der Waals surface area contributed by atoms with Crippen molar-refractivity contribution in [2.75, 3.05) is 13.2 Å². The number of aryl methyl sites for hydroxylation is 2. The lowest BCUT2D eigenvalue weighted by Gasteiger charge is -2.14. The highest BCUT2D eigenvalue weighted by atomic mass is 16.3. The van der Waals surface area contributed by atoms with Crippen LogP contribution in [0.2, 0.25) is 0 Å². The highest BCUT2D eigenvalue weighted by molar-refractivity contribution is 5.76. The summed E-state index contributed by atoms with van der Waals surface area (Å²) in [5.41, 5.74) is 3.63. The average molecular weight is 327 g/mol. The topological polar surface area (TPSA) is 103 Å². The Hall–Kier alpha value is -2.46. The molecule has 1 aliphatic carbocycles. The van der Waals surface area contributed by atoms with Crippen LogP contribution in [0, 0.1) is 30.6 Å². The van der Waals surface area contributed by atoms with E-state index >= 15 is 0 Å². The van der Waals surface area contributed by atoms with Crippen molar-refractivity contribution in [3.63, 3.8) is 0 Å². The van der Waals surface area contributed by atoms with E-state index in [1.54, 1.807) is 4.52 Å². The Morgan fingerprint density at radius 2 is 2.25 bits per heavy atom. The van der Waals surface area contributed by atoms with E-state index in [4.69, 9.17) is 5.26 Å². The third kappa shape index (κ3) is 2.97. The van der Waals surface area contributed by atoms with Gasteiger partial charge in [0, 0.05) is 29.8 Å². The van der Waals surface area contributed by atoms with E-state index < -0.39 is 0 Å². The minimum absolute atomic E-state index is 0.0215. The molecule has 3 rings (SSSR count). The van der Waals surface area contributed by atoms with Gasteiger partial charge < -0.3 is 10.4 Å². The maximum Gasteiger partial charge on any atom is 0.220 e. The Bertz CT molecular complexity index is 830. The molecule has 2 N–H and O–H groups in total. The SMILES string of the molecule is Cc1nc2c(C#N)cnn2c(C)c1CCC(=O)NCC1(CO)CC1. The van der Waals surface area contributed by atoms with Crippen LogP contribution in [0.4, 0.5) is 0 Å². The molecule has 2 heterocycles. The first kappa shape index (κ1) is 16.4. The van der Waals surface area contributed by atoms with Crippen molar-refractivity contribution in [1.82, 2.24) is 19.9 Å². The minimum Gasteiger partial charge on any atom is -0.396 e. The van der Waals surface area contributed by atoms with Crippen LogP contribution in [-0.4, -0.2) is 38.8 Å². The predicted octanol–water partition coefficient (Wildman–Crippen LogP) is 1.04. The van der Waals surface area contributed by atoms with Crippen LogP contribution in [0.5, 0.6) is 0 Å². The average Bonchev–Trinajstić information content (AvgIpc) is 3.25. The highest BCUT2D eigenvalue weighted by Gasteiger charge is 2.41. The van der Waals surface area contributed by atoms with Crippen LogP contribution in [-0.2, 0) is 11.2 Å². The van der Waals surface area contributed by atoms with E-state index in [1.165, 1.54) is 6.20 Å². The van der Waals surface area contributed by atoms with Crippen LogP contribution in [0.15, 0.2) is 6.20 Å². The second kappa shape index (κ2) is 6.21. The summed E-state index contributed by atoms with van der Waals surface area (Å²) in [5.74, 6) is -0.0215. The van der Waals surface area contributed by atoms with Gasteiger partial charge in [0.05, 0.1) is 12.8 Å². The number of amides is 1. The lowest BCUT2D eigenvalue weighted by atomic mass is 10.1. The van der Waals surface area contributed by atoms with Crippen molar-refractivity contribution >= 4 is 11.6 Å². The first-order valence-corrected chi connectivity index (χ1v) is 8.11. The molecular formula is C17H21N5O2. The molecule has 24 heavy (non-hydrogen) atoms. The van der Waals surface area contributed by atoms with Gasteiger partial charge in [-0.1, -0.05) is 0 Å². The van der Waals surface area contributed by atoms with Crippen LogP contribution in [0.25, 0.3) is 5.65 Å². The molecule has 126 valence electrons. The number of aliphatic hydroxyl groups excluding tert-OH is 1. The first-order chi connectivity index (χ1) is 11.5. The van der Waals surface area contributed by atoms with Gasteiger partial charge in [-0.2, -0.15) is 10.4 Å². The number of nitrogens with one attached hydrogen (secondary N) is 1. The van der Waals surface area contributed by atoms with Crippen LogP contribution < -0.4 is 5.32 Å². The monoisotopic (exact) mass is 327 g/mol. The summed E-state index contributed by atoms with van der Waals surface area (Å²) in [6.45, 7) is 4.49. The molecule has 0 aliphatic heterocycles. The molecule has 0 atom stereocenters. The first-order valence-electron chi connectivity index (χ1n) is 8.11. The molecule has 1 saturated carbocycles. The Balaban J connectivity index is 1.69. The van der Waals surface area contributed by atoms with Crippen molar-refractivity contribution < 1.29 is 9.90 Å². The van der Waals surface area contributed by atoms with Gasteiger partial charge in [0.2, 0.25) is 5.91 Å². The largest absolute Gasteiger partial charge is 0.396 e. The quantitative estimate of drug-likeness (QED) is 0.825. The number of carbonyl (C=O) groups excluding carboxylic acids is 1. The molecule has 1 aliphatic rings. The van der Waals surface area contributed by atoms with Crippen molar-refractivity contribution in [3.8, 4) is 6.07 Å². The molecule has 2 aromatic heterocycles. The second-order valence-electron chi connectivity index (χ2n) is 6.60. The summed E-state index contributed by atoms with van der Waals surface area (Å²) >= 11 is 0. The Morgan fingerprint density at radius 1 is 1.50 bits per heavy atom. The van der Waals surface area contributed by atoms with Gasteiger partial charge in [0.15, 0.2) is 5.65 Å². The summed E-state index contributed by atoms with van der Waals surface area (Å²) in [7, 11) is 0. The number of aliphatic hydroxyl groups is 1. The Kier molecular flexibility index (Phi) is 4.24. The Morgan fingerprint density at radius 3 is 2.88 bits per heavy atom. The molecule has 1 fully saturated rings. The fraction of sp³-hybridized carbons (Fsp3) is 0.529. The fourth-order valence-electron chi connectivity index (χ4n) is 2.93. The maximum atomic E-state index is 12.1. The third-order valence-electron chi connectivity index (χ3n) is 4.88. The zero-order valence-corrected chi connectivity index (χ0v) is 14.0. The summed E-state index contributed by atoms with van der Waals surface area (Å²) in [6.07, 6.45) is 4.39. The molecule has 7 heteroatoms. The minimum atomic E-state index is -0.0787. The normalized spacial score (nSPS) is 15.2. The number of rotatable bonds is 6. The molecule has 0 radical (unpaired) electrons. The van der Waals surface area contributed by atoms with Gasteiger partial charge in [0.1, 0.15) is 11.6 Å². The van der Waals surface area contributed by atoms with E-state index in [2.05, 4.69) is 21.5 Å².